The van der Waals surface area contributed by atoms with Crippen molar-refractivity contribution in [3.63, 3.8) is 0 Å². The maximum atomic E-state index is 7.54. The Morgan fingerprint density at radius 2 is 0.469 bits per heavy atom. The fourth-order valence-corrected chi connectivity index (χ4v) is 15.4. The van der Waals surface area contributed by atoms with E-state index in [-0.39, 0.29) is 0 Å². The Morgan fingerprint density at radius 1 is 0.297 bits per heavy atom. The van der Waals surface area contributed by atoms with Crippen LogP contribution in [0, 0.1) is 21.0 Å². The molecule has 322 valence electrons. The second-order valence-corrected chi connectivity index (χ2v) is 23.1. The third-order valence-electron chi connectivity index (χ3n) is 9.98. The van der Waals surface area contributed by atoms with E-state index in [1.165, 1.54) is 0 Å². The fourth-order valence-electron chi connectivity index (χ4n) is 7.05. The number of hydrogen-bond acceptors (Lipinski definition) is 4. The Kier molecular flexibility index (Phi) is 12.9. The van der Waals surface area contributed by atoms with Crippen LogP contribution in [-0.2, 0) is 0 Å². The minimum Gasteiger partial charge on any atom is -0.435 e. The van der Waals surface area contributed by atoms with Crippen molar-refractivity contribution in [2.75, 3.05) is 0 Å². The van der Waals surface area contributed by atoms with Gasteiger partial charge in [0.25, 0.3) is 0 Å². The van der Waals surface area contributed by atoms with Crippen LogP contribution in [0.5, 0.6) is 23.0 Å². The maximum Gasteiger partial charge on any atom is 0.317 e. The predicted octanol–water partition coefficient (Wildman–Crippen LogP) is 14.4. The van der Waals surface area contributed by atoms with Crippen LogP contribution in [0.25, 0.3) is 11.1 Å². The monoisotopic (exact) mass is 1150 g/mol. The number of benzene rings is 2. The Bertz CT molecular complexity index is 2470. The number of nitrogens with zero attached hydrogens (tertiary/aromatic N) is 8. The van der Waals surface area contributed by atoms with Crippen LogP contribution in [-0.4, -0.2) is 34.7 Å². The first-order chi connectivity index (χ1) is 31.4. The molecule has 0 N–H and O–H groups in total. The molecule has 0 aliphatic heterocycles. The largest absolute Gasteiger partial charge is 0.435 e. The van der Waals surface area contributed by atoms with Gasteiger partial charge in [-0.05, 0) is 179 Å². The summed E-state index contributed by atoms with van der Waals surface area (Å²) >= 11 is 4.84. The molecule has 0 aliphatic rings. The number of hydrogen-bond donors (Lipinski definition) is 0. The molecule has 0 aliphatic carbocycles. The van der Waals surface area contributed by atoms with Crippen molar-refractivity contribution in [1.29, 1.82) is 0 Å². The first-order valence-electron chi connectivity index (χ1n) is 20.1. The smallest absolute Gasteiger partial charge is 0.317 e. The highest BCUT2D eigenvalue weighted by molar-refractivity contribution is 14.1. The second kappa shape index (κ2) is 19.3. The SMILES string of the molecule is Cc1cc(I)c(OP(n2cccc2)n2cccc2)c(-c2c(OP(n3cccc3)n3cccc3)c(C)cc(I)c2OP(n2cccc2)n2cccc2)c1OP(n1cccc1)n1cccc1. The van der Waals surface area contributed by atoms with Gasteiger partial charge in [-0.1, -0.05) is 0 Å². The molecule has 18 heteroatoms. The van der Waals surface area contributed by atoms with Crippen LogP contribution >= 0.6 is 79.0 Å². The molecule has 0 atom stereocenters. The lowest BCUT2D eigenvalue weighted by Crippen LogP contribution is -2.11. The van der Waals surface area contributed by atoms with Crippen LogP contribution in [0.3, 0.4) is 0 Å². The summed E-state index contributed by atoms with van der Waals surface area (Å²) in [7, 11) is -6.00. The van der Waals surface area contributed by atoms with Gasteiger partial charge in [0.05, 0.1) is 18.3 Å². The molecule has 0 amide bonds. The minimum absolute atomic E-state index is 0.637. The average molecular weight is 1150 g/mol. The molecule has 0 saturated heterocycles. The van der Waals surface area contributed by atoms with Gasteiger partial charge in [-0.3, -0.25) is 34.7 Å². The van der Waals surface area contributed by atoms with E-state index in [9.17, 15) is 0 Å². The lowest BCUT2D eigenvalue weighted by atomic mass is 9.97. The Labute approximate surface area is 403 Å². The molecule has 0 radical (unpaired) electrons. The van der Waals surface area contributed by atoms with Crippen LogP contribution in [0.4, 0.5) is 0 Å². The Morgan fingerprint density at radius 3 is 0.656 bits per heavy atom. The van der Waals surface area contributed by atoms with Gasteiger partial charge in [0.15, 0.2) is 11.5 Å². The van der Waals surface area contributed by atoms with Gasteiger partial charge in [-0.15, -0.1) is 0 Å². The molecule has 0 fully saturated rings. The first kappa shape index (κ1) is 43.0. The third kappa shape index (κ3) is 8.76. The van der Waals surface area contributed by atoms with Crippen molar-refractivity contribution in [2.45, 2.75) is 13.8 Å². The lowest BCUT2D eigenvalue weighted by Gasteiger charge is -2.30. The van der Waals surface area contributed by atoms with E-state index in [1.54, 1.807) is 0 Å². The van der Waals surface area contributed by atoms with Gasteiger partial charge in [0, 0.05) is 99.1 Å². The summed E-state index contributed by atoms with van der Waals surface area (Å²) in [5.74, 6) is 2.57. The second-order valence-electron chi connectivity index (χ2n) is 14.3. The molecular weight excluding hydrogens is 1110 g/mol. The highest BCUT2D eigenvalue weighted by atomic mass is 127. The average Bonchev–Trinajstić information content (AvgIpc) is 4.15. The van der Waals surface area contributed by atoms with Gasteiger partial charge in [0.2, 0.25) is 0 Å². The molecule has 10 aromatic rings. The van der Waals surface area contributed by atoms with Crippen LogP contribution < -0.4 is 18.1 Å². The molecule has 10 rings (SSSR count). The Hall–Kier alpha value is -4.94. The van der Waals surface area contributed by atoms with Crippen LogP contribution in [0.2, 0.25) is 0 Å². The van der Waals surface area contributed by atoms with Gasteiger partial charge in [-0.2, -0.15) is 0 Å². The van der Waals surface area contributed by atoms with E-state index < -0.39 is 33.8 Å². The zero-order valence-electron chi connectivity index (χ0n) is 34.4. The zero-order chi connectivity index (χ0) is 43.6. The molecule has 0 spiro atoms. The number of aryl methyl sites for hydroxylation is 2. The van der Waals surface area contributed by atoms with Crippen molar-refractivity contribution in [3.8, 4) is 34.1 Å². The summed E-state index contributed by atoms with van der Waals surface area (Å²) in [6.45, 7) is 4.20. The molecular formula is C46H40I2N8O4P4. The van der Waals surface area contributed by atoms with E-state index in [0.29, 0.717) is 23.0 Å². The molecule has 8 heterocycles. The van der Waals surface area contributed by atoms with Crippen molar-refractivity contribution >= 4 is 79.0 Å². The highest BCUT2D eigenvalue weighted by Gasteiger charge is 2.35. The molecule has 0 saturated carbocycles. The van der Waals surface area contributed by atoms with Crippen LogP contribution in [0.1, 0.15) is 11.1 Å². The quantitative estimate of drug-likeness (QED) is 0.0672. The summed E-state index contributed by atoms with van der Waals surface area (Å²) in [6, 6.07) is 36.7. The molecule has 0 unspecified atom stereocenters. The Balaban J connectivity index is 1.28. The first-order valence-corrected chi connectivity index (χ1v) is 26.9. The van der Waals surface area contributed by atoms with Gasteiger partial charge in [0.1, 0.15) is 11.5 Å². The lowest BCUT2D eigenvalue weighted by molar-refractivity contribution is 0.550. The van der Waals surface area contributed by atoms with Gasteiger partial charge < -0.3 is 18.1 Å². The van der Waals surface area contributed by atoms with Crippen molar-refractivity contribution in [1.82, 2.24) is 34.7 Å². The minimum atomic E-state index is -1.50. The third-order valence-corrected chi connectivity index (χ3v) is 18.3. The standard InChI is InChI=1S/C46H40I2N8O4P4/c1-37-35-39(47)45(59-63(53-27-11-12-28-53)54-29-13-14-30-54)41(43(37)57-61(49-19-3-4-20-49)50-21-5-6-22-50)42-44(58-62(51-23-7-8-24-51)52-25-9-10-26-52)38(2)36-40(48)46(42)60-64(55-31-15-16-32-55)56-33-17-18-34-56/h3-36H,1-2H3. The molecule has 12 nitrogen and oxygen atoms in total. The summed E-state index contributed by atoms with van der Waals surface area (Å²) in [4.78, 5) is 0. The maximum absolute atomic E-state index is 7.54. The van der Waals surface area contributed by atoms with Crippen molar-refractivity contribution in [2.24, 2.45) is 0 Å². The molecule has 2 aromatic carbocycles. The van der Waals surface area contributed by atoms with Crippen LogP contribution in [0.15, 0.2) is 208 Å². The van der Waals surface area contributed by atoms with Crippen molar-refractivity contribution < 1.29 is 18.1 Å². The topological polar surface area (TPSA) is 76.4 Å². The normalized spacial score (nSPS) is 11.7. The van der Waals surface area contributed by atoms with E-state index in [2.05, 4.69) is 106 Å². The van der Waals surface area contributed by atoms with Gasteiger partial charge in [-0.25, -0.2) is 0 Å². The fraction of sp³-hybridized carbons (Fsp3) is 0.0435. The van der Waals surface area contributed by atoms with Gasteiger partial charge >= 0.3 is 33.8 Å². The predicted molar refractivity (Wildman–Crippen MR) is 276 cm³/mol. The highest BCUT2D eigenvalue weighted by Crippen LogP contribution is 2.61. The van der Waals surface area contributed by atoms with E-state index in [4.69, 9.17) is 18.1 Å². The zero-order valence-corrected chi connectivity index (χ0v) is 42.3. The number of halogens is 2. The summed E-state index contributed by atoms with van der Waals surface area (Å²) < 4.78 is 48.9. The van der Waals surface area contributed by atoms with E-state index >= 15 is 0 Å². The summed E-state index contributed by atoms with van der Waals surface area (Å²) in [6.07, 6.45) is 32.7. The number of aromatic nitrogens is 8. The summed E-state index contributed by atoms with van der Waals surface area (Å²) in [5.41, 5.74) is 3.29. The summed E-state index contributed by atoms with van der Waals surface area (Å²) in [5, 5.41) is 0. The van der Waals surface area contributed by atoms with E-state index in [1.807, 2.05) is 196 Å². The molecule has 0 bridgehead atoms. The molecule has 64 heavy (non-hydrogen) atoms. The molecule has 8 aromatic heterocycles. The number of rotatable bonds is 17. The van der Waals surface area contributed by atoms with E-state index in [0.717, 1.165) is 29.4 Å². The van der Waals surface area contributed by atoms with Crippen molar-refractivity contribution in [3.05, 3.63) is 227 Å².